The molecule has 5 nitrogen and oxygen atoms in total. The van der Waals surface area contributed by atoms with Crippen LogP contribution in [0, 0.1) is 0 Å². The van der Waals surface area contributed by atoms with Crippen molar-refractivity contribution in [1.82, 2.24) is 9.97 Å². The fourth-order valence-electron chi connectivity index (χ4n) is 2.65. The van der Waals surface area contributed by atoms with Crippen LogP contribution in [-0.2, 0) is 5.41 Å². The summed E-state index contributed by atoms with van der Waals surface area (Å²) < 4.78 is 0. The zero-order chi connectivity index (χ0) is 19.4. The van der Waals surface area contributed by atoms with Crippen LogP contribution in [-0.4, -0.2) is 22.9 Å². The Morgan fingerprint density at radius 2 is 1.63 bits per heavy atom. The maximum Gasteiger partial charge on any atom is 0.274 e. The van der Waals surface area contributed by atoms with E-state index in [-0.39, 0.29) is 11.3 Å². The molecule has 1 aromatic heterocycles. The van der Waals surface area contributed by atoms with Crippen LogP contribution in [0.25, 0.3) is 0 Å². The summed E-state index contributed by atoms with van der Waals surface area (Å²) in [7, 11) is 1.87. The number of nitrogens with one attached hydrogen (secondary N) is 1. The van der Waals surface area contributed by atoms with Crippen LogP contribution in [0.4, 0.5) is 17.3 Å². The van der Waals surface area contributed by atoms with E-state index < -0.39 is 0 Å². The smallest absolute Gasteiger partial charge is 0.274 e. The van der Waals surface area contributed by atoms with Gasteiger partial charge in [0.2, 0.25) is 5.95 Å². The molecule has 0 bridgehead atoms. The Hall–Kier alpha value is -3.21. The molecule has 0 spiro atoms. The quantitative estimate of drug-likeness (QED) is 0.726. The molecule has 2 aromatic carbocycles. The molecule has 0 fully saturated rings. The number of benzene rings is 2. The van der Waals surface area contributed by atoms with Gasteiger partial charge in [-0.05, 0) is 41.3 Å². The maximum absolute atomic E-state index is 12.6. The number of para-hydroxylation sites is 1. The topological polar surface area (TPSA) is 58.1 Å². The number of aromatic nitrogens is 2. The van der Waals surface area contributed by atoms with Crippen molar-refractivity contribution < 1.29 is 4.79 Å². The summed E-state index contributed by atoms with van der Waals surface area (Å²) in [6.07, 6.45) is 1.60. The summed E-state index contributed by atoms with van der Waals surface area (Å²) in [5, 5.41) is 2.90. The highest BCUT2D eigenvalue weighted by atomic mass is 16.1. The zero-order valence-electron chi connectivity index (χ0n) is 16.1. The molecule has 3 aromatic rings. The lowest BCUT2D eigenvalue weighted by Gasteiger charge is -2.19. The molecule has 3 rings (SSSR count). The number of hydrogen-bond donors (Lipinski definition) is 1. The SMILES string of the molecule is CN(c1ccccc1)c1nccc(C(=O)Nc2ccc(C(C)(C)C)cc2)n1. The first kappa shape index (κ1) is 18.6. The molecule has 27 heavy (non-hydrogen) atoms. The Kier molecular flexibility index (Phi) is 5.21. The average molecular weight is 360 g/mol. The van der Waals surface area contributed by atoms with Crippen molar-refractivity contribution in [3.05, 3.63) is 78.1 Å². The van der Waals surface area contributed by atoms with Crippen molar-refractivity contribution in [1.29, 1.82) is 0 Å². The predicted octanol–water partition coefficient (Wildman–Crippen LogP) is 4.79. The third kappa shape index (κ3) is 4.50. The number of anilines is 3. The predicted molar refractivity (Wildman–Crippen MR) is 110 cm³/mol. The number of rotatable bonds is 4. The summed E-state index contributed by atoms with van der Waals surface area (Å²) in [5.74, 6) is 0.209. The first-order valence-corrected chi connectivity index (χ1v) is 8.88. The maximum atomic E-state index is 12.6. The van der Waals surface area contributed by atoms with E-state index in [4.69, 9.17) is 0 Å². The van der Waals surface area contributed by atoms with E-state index in [0.29, 0.717) is 11.6 Å². The van der Waals surface area contributed by atoms with E-state index in [1.807, 2.05) is 66.5 Å². The summed E-state index contributed by atoms with van der Waals surface area (Å²) in [6.45, 7) is 6.48. The fraction of sp³-hybridized carbons (Fsp3) is 0.227. The van der Waals surface area contributed by atoms with E-state index in [2.05, 4.69) is 36.1 Å². The molecule has 0 saturated heterocycles. The van der Waals surface area contributed by atoms with Gasteiger partial charge in [-0.2, -0.15) is 0 Å². The van der Waals surface area contributed by atoms with Gasteiger partial charge in [0.1, 0.15) is 5.69 Å². The molecule has 1 N–H and O–H groups in total. The second kappa shape index (κ2) is 7.58. The van der Waals surface area contributed by atoms with Gasteiger partial charge in [-0.25, -0.2) is 9.97 Å². The van der Waals surface area contributed by atoms with Crippen LogP contribution in [0.5, 0.6) is 0 Å². The third-order valence-corrected chi connectivity index (χ3v) is 4.33. The molecule has 0 unspecified atom stereocenters. The minimum atomic E-state index is -0.261. The molecule has 0 aliphatic rings. The molecule has 0 aliphatic heterocycles. The normalized spacial score (nSPS) is 11.1. The summed E-state index contributed by atoms with van der Waals surface area (Å²) in [4.78, 5) is 23.1. The molecule has 0 aliphatic carbocycles. The monoisotopic (exact) mass is 360 g/mol. The Balaban J connectivity index is 1.76. The van der Waals surface area contributed by atoms with Gasteiger partial charge in [-0.3, -0.25) is 4.79 Å². The lowest BCUT2D eigenvalue weighted by Crippen LogP contribution is -2.18. The molecule has 0 radical (unpaired) electrons. The molecule has 5 heteroatoms. The Labute approximate surface area is 160 Å². The number of hydrogen-bond acceptors (Lipinski definition) is 4. The van der Waals surface area contributed by atoms with E-state index in [1.165, 1.54) is 5.56 Å². The molecule has 1 amide bonds. The summed E-state index contributed by atoms with van der Waals surface area (Å²) in [6, 6.07) is 19.3. The Morgan fingerprint density at radius 3 is 2.26 bits per heavy atom. The van der Waals surface area contributed by atoms with Gasteiger partial charge < -0.3 is 10.2 Å². The Morgan fingerprint density at radius 1 is 0.963 bits per heavy atom. The fourth-order valence-corrected chi connectivity index (χ4v) is 2.65. The van der Waals surface area contributed by atoms with Crippen molar-refractivity contribution in [2.75, 3.05) is 17.3 Å². The van der Waals surface area contributed by atoms with Gasteiger partial charge in [0.05, 0.1) is 0 Å². The number of amides is 1. The van der Waals surface area contributed by atoms with Crippen molar-refractivity contribution in [3.63, 3.8) is 0 Å². The van der Waals surface area contributed by atoms with Gasteiger partial charge in [-0.15, -0.1) is 0 Å². The molecular formula is C22H24N4O. The van der Waals surface area contributed by atoms with Crippen molar-refractivity contribution in [2.24, 2.45) is 0 Å². The van der Waals surface area contributed by atoms with Crippen LogP contribution in [0.15, 0.2) is 66.9 Å². The van der Waals surface area contributed by atoms with Crippen LogP contribution in [0.1, 0.15) is 36.8 Å². The van der Waals surface area contributed by atoms with E-state index in [9.17, 15) is 4.79 Å². The average Bonchev–Trinajstić information content (AvgIpc) is 2.68. The highest BCUT2D eigenvalue weighted by Crippen LogP contribution is 2.24. The lowest BCUT2D eigenvalue weighted by atomic mass is 9.87. The number of nitrogens with zero attached hydrogens (tertiary/aromatic N) is 3. The van der Waals surface area contributed by atoms with Crippen LogP contribution in [0.3, 0.4) is 0 Å². The van der Waals surface area contributed by atoms with Gasteiger partial charge in [-0.1, -0.05) is 51.1 Å². The minimum Gasteiger partial charge on any atom is -0.321 e. The van der Waals surface area contributed by atoms with E-state index >= 15 is 0 Å². The number of carbonyl (C=O) groups is 1. The minimum absolute atomic E-state index is 0.0755. The molecular weight excluding hydrogens is 336 g/mol. The largest absolute Gasteiger partial charge is 0.321 e. The second-order valence-electron chi connectivity index (χ2n) is 7.42. The van der Waals surface area contributed by atoms with Crippen LogP contribution in [0.2, 0.25) is 0 Å². The Bertz CT molecular complexity index is 915. The van der Waals surface area contributed by atoms with E-state index in [0.717, 1.165) is 11.4 Å². The first-order chi connectivity index (χ1) is 12.8. The van der Waals surface area contributed by atoms with E-state index in [1.54, 1.807) is 12.3 Å². The molecule has 138 valence electrons. The lowest BCUT2D eigenvalue weighted by molar-refractivity contribution is 0.102. The highest BCUT2D eigenvalue weighted by molar-refractivity contribution is 6.03. The third-order valence-electron chi connectivity index (χ3n) is 4.33. The van der Waals surface area contributed by atoms with Crippen LogP contribution < -0.4 is 10.2 Å². The molecule has 0 atom stereocenters. The second-order valence-corrected chi connectivity index (χ2v) is 7.42. The van der Waals surface area contributed by atoms with Crippen molar-refractivity contribution in [2.45, 2.75) is 26.2 Å². The van der Waals surface area contributed by atoms with Crippen LogP contribution >= 0.6 is 0 Å². The standard InChI is InChI=1S/C22H24N4O/c1-22(2,3)16-10-12-17(13-11-16)24-20(27)19-14-15-23-21(25-19)26(4)18-8-6-5-7-9-18/h5-15H,1-4H3,(H,24,27). The summed E-state index contributed by atoms with van der Waals surface area (Å²) >= 11 is 0. The van der Waals surface area contributed by atoms with Crippen molar-refractivity contribution >= 4 is 23.2 Å². The molecule has 1 heterocycles. The highest BCUT2D eigenvalue weighted by Gasteiger charge is 2.15. The summed E-state index contributed by atoms with van der Waals surface area (Å²) in [5.41, 5.74) is 3.31. The first-order valence-electron chi connectivity index (χ1n) is 8.88. The molecule has 0 saturated carbocycles. The van der Waals surface area contributed by atoms with Gasteiger partial charge in [0, 0.05) is 24.6 Å². The van der Waals surface area contributed by atoms with Crippen molar-refractivity contribution in [3.8, 4) is 0 Å². The van der Waals surface area contributed by atoms with Gasteiger partial charge in [0.15, 0.2) is 0 Å². The van der Waals surface area contributed by atoms with Gasteiger partial charge >= 0.3 is 0 Å². The van der Waals surface area contributed by atoms with Gasteiger partial charge in [0.25, 0.3) is 5.91 Å². The zero-order valence-corrected chi connectivity index (χ0v) is 16.1. The number of carbonyl (C=O) groups excluding carboxylic acids is 1.